The minimum absolute atomic E-state index is 0.0882. The summed E-state index contributed by atoms with van der Waals surface area (Å²) in [4.78, 5) is 12.7. The lowest BCUT2D eigenvalue weighted by molar-refractivity contribution is -0.137. The molecule has 2 N–H and O–H groups in total. The van der Waals surface area contributed by atoms with Crippen LogP contribution in [0.15, 0.2) is 30.9 Å². The van der Waals surface area contributed by atoms with Crippen molar-refractivity contribution in [3.05, 3.63) is 42.0 Å². The quantitative estimate of drug-likeness (QED) is 0.675. The van der Waals surface area contributed by atoms with Crippen LogP contribution in [0.3, 0.4) is 0 Å². The summed E-state index contributed by atoms with van der Waals surface area (Å²) in [6.07, 6.45) is -1.46. The van der Waals surface area contributed by atoms with Gasteiger partial charge in [0.15, 0.2) is 0 Å². The van der Waals surface area contributed by atoms with Crippen molar-refractivity contribution in [2.24, 2.45) is 5.41 Å². The van der Waals surface area contributed by atoms with Gasteiger partial charge in [0.1, 0.15) is 12.4 Å². The summed E-state index contributed by atoms with van der Waals surface area (Å²) < 4.78 is 49.8. The number of ether oxygens (including phenoxy) is 2. The first kappa shape index (κ1) is 21.2. The Bertz CT molecular complexity index is 651. The smallest absolute Gasteiger partial charge is 0.416 e. The first-order valence-electron chi connectivity index (χ1n) is 8.74. The number of piperidine rings is 1. The molecule has 1 fully saturated rings. The third kappa shape index (κ3) is 5.71. The van der Waals surface area contributed by atoms with Gasteiger partial charge in [-0.1, -0.05) is 12.7 Å². The molecule has 1 aliphatic rings. The van der Waals surface area contributed by atoms with Gasteiger partial charge in [0, 0.05) is 19.1 Å². The van der Waals surface area contributed by atoms with E-state index in [0.29, 0.717) is 13.2 Å². The zero-order valence-corrected chi connectivity index (χ0v) is 15.3. The molecule has 1 aromatic rings. The van der Waals surface area contributed by atoms with Crippen molar-refractivity contribution in [1.82, 2.24) is 10.6 Å². The molecular weight excluding hydrogens is 361 g/mol. The average molecular weight is 386 g/mol. The molecule has 0 radical (unpaired) electrons. The van der Waals surface area contributed by atoms with Gasteiger partial charge >= 0.3 is 6.18 Å². The van der Waals surface area contributed by atoms with E-state index in [0.717, 1.165) is 44.1 Å². The summed E-state index contributed by atoms with van der Waals surface area (Å²) >= 11 is 0. The predicted octanol–water partition coefficient (Wildman–Crippen LogP) is 3.02. The van der Waals surface area contributed by atoms with Gasteiger partial charge in [0.25, 0.3) is 5.91 Å². The maximum atomic E-state index is 13.0. The van der Waals surface area contributed by atoms with Gasteiger partial charge in [-0.15, -0.1) is 0 Å². The van der Waals surface area contributed by atoms with Gasteiger partial charge in [0.2, 0.25) is 0 Å². The molecule has 1 heterocycles. The SMILES string of the molecule is C=CCOc1ccc(C(F)(F)F)cc1C(=O)NCC1(COC)CCNCC1. The highest BCUT2D eigenvalue weighted by Gasteiger charge is 2.34. The zero-order valence-electron chi connectivity index (χ0n) is 15.3. The molecule has 0 aromatic heterocycles. The molecule has 0 saturated carbocycles. The molecule has 1 amide bonds. The number of alkyl halides is 3. The van der Waals surface area contributed by atoms with Crippen LogP contribution < -0.4 is 15.4 Å². The Hall–Kier alpha value is -2.06. The van der Waals surface area contributed by atoms with Gasteiger partial charge < -0.3 is 20.1 Å². The Morgan fingerprint density at radius 3 is 2.67 bits per heavy atom. The van der Waals surface area contributed by atoms with Crippen molar-refractivity contribution >= 4 is 5.91 Å². The fourth-order valence-electron chi connectivity index (χ4n) is 3.16. The molecule has 0 atom stereocenters. The Morgan fingerprint density at radius 1 is 1.37 bits per heavy atom. The van der Waals surface area contributed by atoms with Crippen LogP contribution in [0.25, 0.3) is 0 Å². The third-order valence-electron chi connectivity index (χ3n) is 4.65. The fourth-order valence-corrected chi connectivity index (χ4v) is 3.16. The minimum atomic E-state index is -4.54. The number of benzene rings is 1. The molecule has 150 valence electrons. The van der Waals surface area contributed by atoms with Crippen molar-refractivity contribution in [3.8, 4) is 5.75 Å². The van der Waals surface area contributed by atoms with E-state index in [1.807, 2.05) is 0 Å². The van der Waals surface area contributed by atoms with E-state index in [4.69, 9.17) is 9.47 Å². The van der Waals surface area contributed by atoms with Crippen LogP contribution in [0.1, 0.15) is 28.8 Å². The van der Waals surface area contributed by atoms with E-state index >= 15 is 0 Å². The van der Waals surface area contributed by atoms with Crippen LogP contribution in [0, 0.1) is 5.41 Å². The fraction of sp³-hybridized carbons (Fsp3) is 0.526. The number of carbonyl (C=O) groups is 1. The van der Waals surface area contributed by atoms with Crippen molar-refractivity contribution in [1.29, 1.82) is 0 Å². The zero-order chi connectivity index (χ0) is 19.9. The molecule has 1 aliphatic heterocycles. The predicted molar refractivity (Wildman–Crippen MR) is 95.9 cm³/mol. The highest BCUT2D eigenvalue weighted by Crippen LogP contribution is 2.33. The van der Waals surface area contributed by atoms with Crippen molar-refractivity contribution in [3.63, 3.8) is 0 Å². The third-order valence-corrected chi connectivity index (χ3v) is 4.65. The average Bonchev–Trinajstić information content (AvgIpc) is 2.64. The number of carbonyl (C=O) groups excluding carboxylic acids is 1. The highest BCUT2D eigenvalue weighted by molar-refractivity contribution is 5.97. The topological polar surface area (TPSA) is 59.6 Å². The van der Waals surface area contributed by atoms with Gasteiger partial charge in [0.05, 0.1) is 17.7 Å². The van der Waals surface area contributed by atoms with Crippen LogP contribution >= 0.6 is 0 Å². The number of rotatable bonds is 8. The normalized spacial score (nSPS) is 16.6. The van der Waals surface area contributed by atoms with Crippen LogP contribution in [0.5, 0.6) is 5.75 Å². The Kier molecular flexibility index (Phi) is 7.26. The second kappa shape index (κ2) is 9.23. The van der Waals surface area contributed by atoms with E-state index in [1.54, 1.807) is 7.11 Å². The van der Waals surface area contributed by atoms with Crippen LogP contribution in [-0.4, -0.2) is 45.9 Å². The lowest BCUT2D eigenvalue weighted by atomic mass is 9.79. The summed E-state index contributed by atoms with van der Waals surface area (Å²) in [5.41, 5.74) is -1.28. The van der Waals surface area contributed by atoms with Gasteiger partial charge in [-0.2, -0.15) is 13.2 Å². The summed E-state index contributed by atoms with van der Waals surface area (Å²) in [7, 11) is 1.60. The summed E-state index contributed by atoms with van der Waals surface area (Å²) in [5.74, 6) is -0.513. The molecule has 0 spiro atoms. The molecular formula is C19H25F3N2O3. The highest BCUT2D eigenvalue weighted by atomic mass is 19.4. The van der Waals surface area contributed by atoms with Crippen LogP contribution in [0.2, 0.25) is 0 Å². The maximum absolute atomic E-state index is 13.0. The molecule has 5 nitrogen and oxygen atoms in total. The number of hydrogen-bond acceptors (Lipinski definition) is 4. The molecule has 0 unspecified atom stereocenters. The van der Waals surface area contributed by atoms with E-state index in [-0.39, 0.29) is 23.3 Å². The molecule has 0 aliphatic carbocycles. The first-order chi connectivity index (χ1) is 12.8. The largest absolute Gasteiger partial charge is 0.489 e. The van der Waals surface area contributed by atoms with Crippen molar-refractivity contribution in [2.45, 2.75) is 19.0 Å². The van der Waals surface area contributed by atoms with E-state index in [2.05, 4.69) is 17.2 Å². The van der Waals surface area contributed by atoms with E-state index in [9.17, 15) is 18.0 Å². The lowest BCUT2D eigenvalue weighted by Crippen LogP contribution is -2.47. The van der Waals surface area contributed by atoms with E-state index in [1.165, 1.54) is 6.08 Å². The molecule has 1 saturated heterocycles. The Balaban J connectivity index is 2.20. The van der Waals surface area contributed by atoms with Crippen LogP contribution in [-0.2, 0) is 10.9 Å². The van der Waals surface area contributed by atoms with E-state index < -0.39 is 17.6 Å². The number of amides is 1. The molecule has 27 heavy (non-hydrogen) atoms. The lowest BCUT2D eigenvalue weighted by Gasteiger charge is -2.37. The van der Waals surface area contributed by atoms with Crippen molar-refractivity contribution in [2.75, 3.05) is 40.0 Å². The van der Waals surface area contributed by atoms with Gasteiger partial charge in [-0.3, -0.25) is 4.79 Å². The second-order valence-electron chi connectivity index (χ2n) is 6.67. The monoisotopic (exact) mass is 386 g/mol. The van der Waals surface area contributed by atoms with Gasteiger partial charge in [-0.05, 0) is 44.1 Å². The van der Waals surface area contributed by atoms with Crippen LogP contribution in [0.4, 0.5) is 13.2 Å². The number of nitrogens with one attached hydrogen (secondary N) is 2. The summed E-state index contributed by atoms with van der Waals surface area (Å²) in [6.45, 7) is 5.99. The standard InChI is InChI=1S/C19H25F3N2O3/c1-3-10-27-16-5-4-14(19(20,21)22)11-15(16)17(25)24-12-18(13-26-2)6-8-23-9-7-18/h3-5,11,23H,1,6-10,12-13H2,2H3,(H,24,25). The summed E-state index contributed by atoms with van der Waals surface area (Å²) in [6, 6.07) is 2.88. The number of halogens is 3. The minimum Gasteiger partial charge on any atom is -0.489 e. The Morgan fingerprint density at radius 2 is 2.07 bits per heavy atom. The maximum Gasteiger partial charge on any atom is 0.416 e. The molecule has 1 aromatic carbocycles. The molecule has 8 heteroatoms. The van der Waals surface area contributed by atoms with Gasteiger partial charge in [-0.25, -0.2) is 0 Å². The number of methoxy groups -OCH3 is 1. The second-order valence-corrected chi connectivity index (χ2v) is 6.67. The molecule has 2 rings (SSSR count). The van der Waals surface area contributed by atoms with Crippen molar-refractivity contribution < 1.29 is 27.4 Å². The Labute approximate surface area is 156 Å². The number of hydrogen-bond donors (Lipinski definition) is 2. The first-order valence-corrected chi connectivity index (χ1v) is 8.74. The summed E-state index contributed by atoms with van der Waals surface area (Å²) in [5, 5.41) is 6.02. The molecule has 0 bridgehead atoms.